The fourth-order valence-electron chi connectivity index (χ4n) is 3.58. The van der Waals surface area contributed by atoms with Crippen molar-refractivity contribution in [1.29, 1.82) is 0 Å². The fourth-order valence-corrected chi connectivity index (χ4v) is 6.44. The first-order valence-electron chi connectivity index (χ1n) is 9.14. The average molecular weight is 476 g/mol. The van der Waals surface area contributed by atoms with E-state index in [1.165, 1.54) is 12.0 Å². The molecule has 0 saturated carbocycles. The van der Waals surface area contributed by atoms with Gasteiger partial charge in [-0.25, -0.2) is 0 Å². The van der Waals surface area contributed by atoms with Gasteiger partial charge in [0.2, 0.25) is 5.91 Å². The van der Waals surface area contributed by atoms with Crippen molar-refractivity contribution in [2.24, 2.45) is 11.3 Å². The molecule has 0 aromatic heterocycles. The monoisotopic (exact) mass is 475 g/mol. The molecule has 1 aliphatic rings. The molecule has 28 heavy (non-hydrogen) atoms. The number of hydrogen-bond donors (Lipinski definition) is 0. The molecule has 0 N–H and O–H groups in total. The topological polar surface area (TPSA) is 82.1 Å². The molecule has 1 amide bonds. The standard InChI is InChI=1S/C19H27BrNO6P/c1-6-26-28(24,27-7-2)17(13-10-8-9-11-14(13)20)21-12-19(3,4)15(16(21)22)18(23)25-5/h8-11,15,17H,6-7,12H2,1-5H3. The maximum Gasteiger partial charge on any atom is 0.357 e. The summed E-state index contributed by atoms with van der Waals surface area (Å²) in [5, 5.41) is 0. The molecule has 7 nitrogen and oxygen atoms in total. The van der Waals surface area contributed by atoms with E-state index in [9.17, 15) is 14.2 Å². The van der Waals surface area contributed by atoms with Crippen molar-refractivity contribution in [3.8, 4) is 0 Å². The number of carbonyl (C=O) groups is 2. The number of rotatable bonds is 8. The van der Waals surface area contributed by atoms with Gasteiger partial charge in [0, 0.05) is 22.0 Å². The van der Waals surface area contributed by atoms with Gasteiger partial charge in [-0.15, -0.1) is 0 Å². The van der Waals surface area contributed by atoms with Crippen LogP contribution in [0.3, 0.4) is 0 Å². The van der Waals surface area contributed by atoms with Crippen LogP contribution in [-0.2, 0) is 27.9 Å². The third-order valence-corrected chi connectivity index (χ3v) is 7.84. The molecule has 1 aromatic rings. The highest BCUT2D eigenvalue weighted by Crippen LogP contribution is 2.64. The van der Waals surface area contributed by atoms with E-state index in [2.05, 4.69) is 15.9 Å². The van der Waals surface area contributed by atoms with Crippen LogP contribution in [0.25, 0.3) is 0 Å². The van der Waals surface area contributed by atoms with Crippen LogP contribution in [0, 0.1) is 11.3 Å². The van der Waals surface area contributed by atoms with Crippen molar-refractivity contribution in [3.63, 3.8) is 0 Å². The van der Waals surface area contributed by atoms with Gasteiger partial charge in [0.25, 0.3) is 0 Å². The summed E-state index contributed by atoms with van der Waals surface area (Å²) >= 11 is 3.48. The van der Waals surface area contributed by atoms with Gasteiger partial charge in [-0.1, -0.05) is 48.0 Å². The number of likely N-dealkylation sites (tertiary alicyclic amines) is 1. The molecule has 2 atom stereocenters. The van der Waals surface area contributed by atoms with Crippen LogP contribution in [0.5, 0.6) is 0 Å². The number of benzene rings is 1. The predicted molar refractivity (Wildman–Crippen MR) is 109 cm³/mol. The van der Waals surface area contributed by atoms with Gasteiger partial charge in [-0.2, -0.15) is 0 Å². The zero-order valence-corrected chi connectivity index (χ0v) is 19.3. The third-order valence-electron chi connectivity index (χ3n) is 4.72. The molecule has 9 heteroatoms. The summed E-state index contributed by atoms with van der Waals surface area (Å²) in [5.74, 6) is -3.02. The maximum atomic E-state index is 13.8. The molecule has 0 bridgehead atoms. The molecular weight excluding hydrogens is 449 g/mol. The van der Waals surface area contributed by atoms with Gasteiger partial charge < -0.3 is 18.7 Å². The van der Waals surface area contributed by atoms with Crippen LogP contribution in [-0.4, -0.2) is 43.6 Å². The van der Waals surface area contributed by atoms with Gasteiger partial charge in [0.15, 0.2) is 5.78 Å². The van der Waals surface area contributed by atoms with Crippen molar-refractivity contribution >= 4 is 35.4 Å². The van der Waals surface area contributed by atoms with E-state index in [-0.39, 0.29) is 19.8 Å². The molecular formula is C19H27BrNO6P. The number of methoxy groups -OCH3 is 1. The van der Waals surface area contributed by atoms with Gasteiger partial charge in [-0.05, 0) is 19.9 Å². The molecule has 1 aliphatic heterocycles. The first-order chi connectivity index (χ1) is 13.1. The first-order valence-corrected chi connectivity index (χ1v) is 11.5. The zero-order chi connectivity index (χ0) is 21.1. The van der Waals surface area contributed by atoms with E-state index in [1.54, 1.807) is 32.0 Å². The zero-order valence-electron chi connectivity index (χ0n) is 16.8. The van der Waals surface area contributed by atoms with Crippen molar-refractivity contribution in [2.45, 2.75) is 33.5 Å². The lowest BCUT2D eigenvalue weighted by molar-refractivity contribution is -0.153. The Hall–Kier alpha value is -1.21. The molecule has 2 unspecified atom stereocenters. The molecule has 0 spiro atoms. The summed E-state index contributed by atoms with van der Waals surface area (Å²) < 4.78 is 30.5. The minimum atomic E-state index is -3.76. The van der Waals surface area contributed by atoms with Crippen molar-refractivity contribution in [1.82, 2.24) is 4.90 Å². The van der Waals surface area contributed by atoms with Crippen LogP contribution in [0.15, 0.2) is 28.7 Å². The Morgan fingerprint density at radius 1 is 1.29 bits per heavy atom. The number of amides is 1. The number of halogens is 1. The smallest absolute Gasteiger partial charge is 0.357 e. The summed E-state index contributed by atoms with van der Waals surface area (Å²) in [6.45, 7) is 7.59. The van der Waals surface area contributed by atoms with E-state index >= 15 is 0 Å². The summed E-state index contributed by atoms with van der Waals surface area (Å²) in [7, 11) is -2.51. The lowest BCUT2D eigenvalue weighted by atomic mass is 9.82. The third kappa shape index (κ3) is 4.35. The lowest BCUT2D eigenvalue weighted by Gasteiger charge is -2.34. The normalized spacial score (nSPS) is 20.3. The van der Waals surface area contributed by atoms with Crippen LogP contribution >= 0.6 is 23.5 Å². The predicted octanol–water partition coefficient (Wildman–Crippen LogP) is 4.37. The van der Waals surface area contributed by atoms with E-state index in [1.807, 2.05) is 19.9 Å². The number of esters is 1. The Morgan fingerprint density at radius 3 is 2.36 bits per heavy atom. The van der Waals surface area contributed by atoms with Crippen LogP contribution in [0.1, 0.15) is 39.0 Å². The number of nitrogens with zero attached hydrogens (tertiary/aromatic N) is 1. The summed E-state index contributed by atoms with van der Waals surface area (Å²) in [6.07, 6.45) is 0. The number of carbonyl (C=O) groups excluding carboxylic acids is 2. The summed E-state index contributed by atoms with van der Waals surface area (Å²) in [5.41, 5.74) is -0.102. The highest BCUT2D eigenvalue weighted by Gasteiger charge is 2.57. The van der Waals surface area contributed by atoms with Crippen molar-refractivity contribution in [2.75, 3.05) is 26.9 Å². The molecule has 156 valence electrons. The summed E-state index contributed by atoms with van der Waals surface area (Å²) in [6, 6.07) is 7.18. The van der Waals surface area contributed by atoms with Crippen LogP contribution < -0.4 is 0 Å². The number of hydrogen-bond acceptors (Lipinski definition) is 6. The van der Waals surface area contributed by atoms with Gasteiger partial charge >= 0.3 is 13.6 Å². The Labute approximate surface area is 174 Å². The average Bonchev–Trinajstić information content (AvgIpc) is 2.85. The van der Waals surface area contributed by atoms with E-state index in [0.717, 1.165) is 0 Å². The minimum absolute atomic E-state index is 0.157. The van der Waals surface area contributed by atoms with Crippen molar-refractivity contribution in [3.05, 3.63) is 34.3 Å². The molecule has 0 aliphatic carbocycles. The molecule has 1 fully saturated rings. The largest absolute Gasteiger partial charge is 0.468 e. The van der Waals surface area contributed by atoms with Gasteiger partial charge in [0.05, 0.1) is 20.3 Å². The van der Waals surface area contributed by atoms with Crippen molar-refractivity contribution < 1.29 is 27.9 Å². The molecule has 0 radical (unpaired) electrons. The molecule has 1 aromatic carbocycles. The van der Waals surface area contributed by atoms with Gasteiger partial charge in [-0.3, -0.25) is 14.2 Å². The maximum absolute atomic E-state index is 13.8. The molecule has 2 rings (SSSR count). The molecule has 1 heterocycles. The second-order valence-electron chi connectivity index (χ2n) is 7.18. The Balaban J connectivity index is 2.63. The molecule has 1 saturated heterocycles. The minimum Gasteiger partial charge on any atom is -0.468 e. The second kappa shape index (κ2) is 9.08. The quantitative estimate of drug-likeness (QED) is 0.315. The first kappa shape index (κ1) is 23.1. The van der Waals surface area contributed by atoms with E-state index in [4.69, 9.17) is 13.8 Å². The lowest BCUT2D eigenvalue weighted by Crippen LogP contribution is -2.35. The highest BCUT2D eigenvalue weighted by atomic mass is 79.9. The number of ether oxygens (including phenoxy) is 1. The van der Waals surface area contributed by atoms with Crippen LogP contribution in [0.2, 0.25) is 0 Å². The Bertz CT molecular complexity index is 773. The second-order valence-corrected chi connectivity index (χ2v) is 10.1. The van der Waals surface area contributed by atoms with E-state index in [0.29, 0.717) is 10.0 Å². The SMILES string of the molecule is CCOP(=O)(OCC)C(c1ccccc1Br)N1CC(C)(C)C(C(=O)OC)C1=O. The highest BCUT2D eigenvalue weighted by molar-refractivity contribution is 9.10. The summed E-state index contributed by atoms with van der Waals surface area (Å²) in [4.78, 5) is 27.0. The Kier molecular flexibility index (Phi) is 7.48. The van der Waals surface area contributed by atoms with Gasteiger partial charge in [0.1, 0.15) is 5.92 Å². The van der Waals surface area contributed by atoms with E-state index < -0.39 is 36.6 Å². The Morgan fingerprint density at radius 2 is 1.86 bits per heavy atom. The van der Waals surface area contributed by atoms with Crippen LogP contribution in [0.4, 0.5) is 0 Å². The fraction of sp³-hybridized carbons (Fsp3) is 0.579.